The third kappa shape index (κ3) is 3.68. The normalized spacial score (nSPS) is 29.9. The third-order valence-electron chi connectivity index (χ3n) is 7.59. The second-order valence-electron chi connectivity index (χ2n) is 10.3. The van der Waals surface area contributed by atoms with E-state index in [4.69, 9.17) is 11.6 Å². The van der Waals surface area contributed by atoms with Gasteiger partial charge in [-0.25, -0.2) is 9.97 Å². The number of carbonyl (C=O) groups is 2. The van der Waals surface area contributed by atoms with Crippen molar-refractivity contribution in [2.24, 2.45) is 11.8 Å². The molecule has 0 aromatic carbocycles. The molecule has 4 bridgehead atoms. The molecule has 0 aliphatic heterocycles. The van der Waals surface area contributed by atoms with Crippen LogP contribution in [0.2, 0.25) is 5.02 Å². The van der Waals surface area contributed by atoms with Crippen LogP contribution in [0.15, 0.2) is 42.7 Å². The zero-order chi connectivity index (χ0) is 22.8. The summed E-state index contributed by atoms with van der Waals surface area (Å²) in [6.07, 6.45) is 9.22. The Labute approximate surface area is 196 Å². The summed E-state index contributed by atoms with van der Waals surface area (Å²) in [6, 6.07) is 9.07. The Hall–Kier alpha value is -2.93. The standard InChI is InChI=1S/C25H26ClN5O2/c1-15-3-2-4-19(27-15)22(32)29-24-8-16-7-17(9-24)11-25(10-16,14-24)30-23(33)20-13-31-12-18(26)5-6-21(31)28-20/h2-6,12-13,16-17H,7-11,14H2,1H3,(H,29,32)(H,30,33). The SMILES string of the molecule is Cc1cccc(C(=O)NC23CC4CC(C2)CC(NC(=O)c2cn5cc(Cl)ccc5n2)(C4)C3)n1. The minimum Gasteiger partial charge on any atom is -0.345 e. The molecule has 2 N–H and O–H groups in total. The van der Waals surface area contributed by atoms with Crippen molar-refractivity contribution < 1.29 is 9.59 Å². The van der Waals surface area contributed by atoms with Crippen molar-refractivity contribution in [1.29, 1.82) is 0 Å². The smallest absolute Gasteiger partial charge is 0.271 e. The Morgan fingerprint density at radius 3 is 2.27 bits per heavy atom. The number of fused-ring (bicyclic) bond motifs is 1. The molecule has 0 spiro atoms. The van der Waals surface area contributed by atoms with Crippen molar-refractivity contribution in [3.8, 4) is 0 Å². The van der Waals surface area contributed by atoms with E-state index < -0.39 is 0 Å². The highest BCUT2D eigenvalue weighted by molar-refractivity contribution is 6.30. The Balaban J connectivity index is 1.25. The van der Waals surface area contributed by atoms with Gasteiger partial charge in [-0.15, -0.1) is 0 Å². The average molecular weight is 464 g/mol. The molecule has 4 aliphatic carbocycles. The molecule has 7 nitrogen and oxygen atoms in total. The van der Waals surface area contributed by atoms with Gasteiger partial charge in [0.1, 0.15) is 17.0 Å². The van der Waals surface area contributed by atoms with Gasteiger partial charge >= 0.3 is 0 Å². The first-order chi connectivity index (χ1) is 15.8. The number of nitrogens with zero attached hydrogens (tertiary/aromatic N) is 3. The molecule has 33 heavy (non-hydrogen) atoms. The Bertz CT molecular complexity index is 1270. The number of hydrogen-bond acceptors (Lipinski definition) is 4. The van der Waals surface area contributed by atoms with Gasteiger partial charge in [0.05, 0.1) is 5.02 Å². The second-order valence-corrected chi connectivity index (χ2v) is 10.8. The molecule has 4 fully saturated rings. The molecule has 2 atom stereocenters. The van der Waals surface area contributed by atoms with Crippen LogP contribution in [0.1, 0.15) is 65.2 Å². The van der Waals surface area contributed by atoms with Crippen molar-refractivity contribution in [3.05, 3.63) is 64.8 Å². The quantitative estimate of drug-likeness (QED) is 0.613. The molecule has 4 saturated carbocycles. The summed E-state index contributed by atoms with van der Waals surface area (Å²) in [6.45, 7) is 1.89. The summed E-state index contributed by atoms with van der Waals surface area (Å²) in [5.41, 5.74) is 1.73. The maximum Gasteiger partial charge on any atom is 0.271 e. The van der Waals surface area contributed by atoms with Gasteiger partial charge in [-0.1, -0.05) is 17.7 Å². The molecular weight excluding hydrogens is 438 g/mol. The van der Waals surface area contributed by atoms with Crippen LogP contribution >= 0.6 is 11.6 Å². The third-order valence-corrected chi connectivity index (χ3v) is 7.81. The molecule has 4 aliphatic rings. The molecule has 3 aromatic heterocycles. The highest BCUT2D eigenvalue weighted by Gasteiger charge is 2.59. The number of nitrogens with one attached hydrogen (secondary N) is 2. The lowest BCUT2D eigenvalue weighted by atomic mass is 9.49. The van der Waals surface area contributed by atoms with Gasteiger partial charge in [0, 0.05) is 29.2 Å². The summed E-state index contributed by atoms with van der Waals surface area (Å²) in [7, 11) is 0. The van der Waals surface area contributed by atoms with Gasteiger partial charge in [0.2, 0.25) is 0 Å². The van der Waals surface area contributed by atoms with E-state index in [2.05, 4.69) is 20.6 Å². The Morgan fingerprint density at radius 2 is 1.61 bits per heavy atom. The van der Waals surface area contributed by atoms with Crippen molar-refractivity contribution in [3.63, 3.8) is 0 Å². The van der Waals surface area contributed by atoms with E-state index in [0.29, 0.717) is 33.9 Å². The highest BCUT2D eigenvalue weighted by atomic mass is 35.5. The number of aryl methyl sites for hydroxylation is 1. The van der Waals surface area contributed by atoms with Crippen LogP contribution in [-0.4, -0.2) is 37.3 Å². The number of rotatable bonds is 4. The predicted octanol–water partition coefficient (Wildman–Crippen LogP) is 3.94. The first-order valence-electron chi connectivity index (χ1n) is 11.5. The van der Waals surface area contributed by atoms with E-state index in [-0.39, 0.29) is 22.9 Å². The van der Waals surface area contributed by atoms with Crippen LogP contribution in [0.3, 0.4) is 0 Å². The minimum absolute atomic E-state index is 0.126. The maximum atomic E-state index is 13.3. The minimum atomic E-state index is -0.318. The number of halogens is 1. The van der Waals surface area contributed by atoms with Crippen LogP contribution in [-0.2, 0) is 0 Å². The lowest BCUT2D eigenvalue weighted by Crippen LogP contribution is -2.69. The van der Waals surface area contributed by atoms with Crippen LogP contribution in [0.5, 0.6) is 0 Å². The highest BCUT2D eigenvalue weighted by Crippen LogP contribution is 2.57. The fourth-order valence-electron chi connectivity index (χ4n) is 6.91. The molecule has 3 aromatic rings. The number of pyridine rings is 2. The summed E-state index contributed by atoms with van der Waals surface area (Å²) < 4.78 is 1.77. The summed E-state index contributed by atoms with van der Waals surface area (Å²) in [4.78, 5) is 35.2. The molecule has 3 heterocycles. The fraction of sp³-hybridized carbons (Fsp3) is 0.440. The van der Waals surface area contributed by atoms with Gasteiger partial charge in [0.25, 0.3) is 11.8 Å². The summed E-state index contributed by atoms with van der Waals surface area (Å²) in [5, 5.41) is 7.29. The van der Waals surface area contributed by atoms with Crippen LogP contribution < -0.4 is 10.6 Å². The molecule has 170 valence electrons. The molecule has 8 heteroatoms. The summed E-state index contributed by atoms with van der Waals surface area (Å²) >= 11 is 6.07. The second kappa shape index (κ2) is 7.29. The zero-order valence-corrected chi connectivity index (χ0v) is 19.2. The lowest BCUT2D eigenvalue weighted by molar-refractivity contribution is -0.0449. The largest absolute Gasteiger partial charge is 0.345 e. The predicted molar refractivity (Wildman–Crippen MR) is 124 cm³/mol. The van der Waals surface area contributed by atoms with Gasteiger partial charge in [-0.05, 0) is 81.5 Å². The molecule has 0 radical (unpaired) electrons. The van der Waals surface area contributed by atoms with Crippen molar-refractivity contribution in [1.82, 2.24) is 25.0 Å². The van der Waals surface area contributed by atoms with E-state index in [1.165, 1.54) is 6.42 Å². The van der Waals surface area contributed by atoms with Crippen LogP contribution in [0.4, 0.5) is 0 Å². The van der Waals surface area contributed by atoms with Crippen molar-refractivity contribution in [2.45, 2.75) is 56.5 Å². The lowest BCUT2D eigenvalue weighted by Gasteiger charge is -2.62. The first kappa shape index (κ1) is 20.7. The fourth-order valence-corrected chi connectivity index (χ4v) is 7.08. The van der Waals surface area contributed by atoms with Crippen molar-refractivity contribution in [2.75, 3.05) is 0 Å². The zero-order valence-electron chi connectivity index (χ0n) is 18.5. The Morgan fingerprint density at radius 1 is 0.939 bits per heavy atom. The number of aromatic nitrogens is 3. The topological polar surface area (TPSA) is 88.4 Å². The van der Waals surface area contributed by atoms with E-state index in [1.807, 2.05) is 19.1 Å². The van der Waals surface area contributed by atoms with Crippen molar-refractivity contribution >= 4 is 29.1 Å². The van der Waals surface area contributed by atoms with Crippen LogP contribution in [0.25, 0.3) is 5.65 Å². The number of imidazole rings is 1. The monoisotopic (exact) mass is 463 g/mol. The number of hydrogen-bond donors (Lipinski definition) is 2. The molecular formula is C25H26ClN5O2. The van der Waals surface area contributed by atoms with Gasteiger partial charge in [0.15, 0.2) is 0 Å². The molecule has 2 unspecified atom stereocenters. The van der Waals surface area contributed by atoms with Gasteiger partial charge in [-0.3, -0.25) is 9.59 Å². The first-order valence-corrected chi connectivity index (χ1v) is 11.9. The van der Waals surface area contributed by atoms with E-state index in [9.17, 15) is 9.59 Å². The van der Waals surface area contributed by atoms with Gasteiger partial charge < -0.3 is 15.0 Å². The maximum absolute atomic E-state index is 13.3. The number of amides is 2. The Kier molecular flexibility index (Phi) is 4.56. The molecule has 2 amide bonds. The summed E-state index contributed by atoms with van der Waals surface area (Å²) in [5.74, 6) is 0.701. The van der Waals surface area contributed by atoms with Gasteiger partial charge in [-0.2, -0.15) is 0 Å². The molecule has 0 saturated heterocycles. The number of carbonyl (C=O) groups excluding carboxylic acids is 2. The van der Waals surface area contributed by atoms with Crippen LogP contribution in [0, 0.1) is 18.8 Å². The average Bonchev–Trinajstić information content (AvgIpc) is 3.15. The van der Waals surface area contributed by atoms with E-state index in [1.54, 1.807) is 35.0 Å². The van der Waals surface area contributed by atoms with E-state index in [0.717, 1.165) is 37.8 Å². The molecule has 7 rings (SSSR count). The van der Waals surface area contributed by atoms with E-state index >= 15 is 0 Å².